The zero-order valence-corrected chi connectivity index (χ0v) is 13.2. The summed E-state index contributed by atoms with van der Waals surface area (Å²) in [7, 11) is 0. The standard InChI is InChI=1S/C18H24N2O2/c1-2-22-16-9-5-4-8-15(16)10-11-17(21)20-18(14-19)12-6-3-7-13-18/h4-5,8-9H,2-3,6-7,10-13H2,1H3,(H,20,21). The summed E-state index contributed by atoms with van der Waals surface area (Å²) in [5, 5.41) is 12.4. The second-order valence-corrected chi connectivity index (χ2v) is 5.84. The van der Waals surface area contributed by atoms with E-state index in [1.807, 2.05) is 31.2 Å². The van der Waals surface area contributed by atoms with Gasteiger partial charge in [0.05, 0.1) is 12.7 Å². The summed E-state index contributed by atoms with van der Waals surface area (Å²) in [5.74, 6) is 0.792. The molecule has 0 heterocycles. The van der Waals surface area contributed by atoms with Crippen LogP contribution in [0.25, 0.3) is 0 Å². The Hall–Kier alpha value is -2.02. The van der Waals surface area contributed by atoms with Gasteiger partial charge in [-0.15, -0.1) is 0 Å². The molecule has 1 amide bonds. The summed E-state index contributed by atoms with van der Waals surface area (Å²) in [6.45, 7) is 2.56. The maximum Gasteiger partial charge on any atom is 0.221 e. The van der Waals surface area contributed by atoms with Crippen molar-refractivity contribution in [1.82, 2.24) is 5.32 Å². The highest BCUT2D eigenvalue weighted by atomic mass is 16.5. The smallest absolute Gasteiger partial charge is 0.221 e. The maximum atomic E-state index is 12.2. The van der Waals surface area contributed by atoms with Crippen LogP contribution in [0, 0.1) is 11.3 Å². The second-order valence-electron chi connectivity index (χ2n) is 5.84. The van der Waals surface area contributed by atoms with Gasteiger partial charge in [-0.25, -0.2) is 0 Å². The van der Waals surface area contributed by atoms with Crippen LogP contribution in [0.15, 0.2) is 24.3 Å². The molecule has 0 spiro atoms. The van der Waals surface area contributed by atoms with Crippen molar-refractivity contribution in [3.63, 3.8) is 0 Å². The Bertz CT molecular complexity index is 542. The summed E-state index contributed by atoms with van der Waals surface area (Å²) in [4.78, 5) is 12.2. The van der Waals surface area contributed by atoms with Gasteiger partial charge in [-0.1, -0.05) is 37.5 Å². The average Bonchev–Trinajstić information content (AvgIpc) is 2.55. The van der Waals surface area contributed by atoms with Gasteiger partial charge >= 0.3 is 0 Å². The number of hydrogen-bond donors (Lipinski definition) is 1. The fourth-order valence-electron chi connectivity index (χ4n) is 3.00. The number of carbonyl (C=O) groups is 1. The van der Waals surface area contributed by atoms with Crippen LogP contribution in [0.1, 0.15) is 51.0 Å². The monoisotopic (exact) mass is 300 g/mol. The molecule has 1 saturated carbocycles. The van der Waals surface area contributed by atoms with Crippen LogP contribution < -0.4 is 10.1 Å². The number of carbonyl (C=O) groups excluding carboxylic acids is 1. The van der Waals surface area contributed by atoms with Crippen molar-refractivity contribution in [2.24, 2.45) is 0 Å². The summed E-state index contributed by atoms with van der Waals surface area (Å²) in [6.07, 6.45) is 5.73. The van der Waals surface area contributed by atoms with E-state index in [2.05, 4.69) is 11.4 Å². The number of ether oxygens (including phenoxy) is 1. The van der Waals surface area contributed by atoms with Gasteiger partial charge in [0.1, 0.15) is 11.3 Å². The molecule has 0 bridgehead atoms. The number of hydrogen-bond acceptors (Lipinski definition) is 3. The summed E-state index contributed by atoms with van der Waals surface area (Å²) >= 11 is 0. The zero-order chi connectivity index (χ0) is 15.8. The third kappa shape index (κ3) is 4.24. The molecule has 0 unspecified atom stereocenters. The van der Waals surface area contributed by atoms with Crippen LogP contribution >= 0.6 is 0 Å². The van der Waals surface area contributed by atoms with E-state index in [9.17, 15) is 10.1 Å². The van der Waals surface area contributed by atoms with Crippen LogP contribution in [-0.2, 0) is 11.2 Å². The molecule has 118 valence electrons. The molecular formula is C18H24N2O2. The molecular weight excluding hydrogens is 276 g/mol. The first-order valence-electron chi connectivity index (χ1n) is 8.12. The highest BCUT2D eigenvalue weighted by Crippen LogP contribution is 2.28. The minimum absolute atomic E-state index is 0.0465. The Labute approximate surface area is 132 Å². The number of nitrogens with one attached hydrogen (secondary N) is 1. The molecule has 1 N–H and O–H groups in total. The van der Waals surface area contributed by atoms with Crippen molar-refractivity contribution in [3.05, 3.63) is 29.8 Å². The predicted molar refractivity (Wildman–Crippen MR) is 85.5 cm³/mol. The largest absolute Gasteiger partial charge is 0.494 e. The first-order valence-corrected chi connectivity index (χ1v) is 8.12. The van der Waals surface area contributed by atoms with E-state index < -0.39 is 5.54 Å². The Morgan fingerprint density at radius 1 is 1.32 bits per heavy atom. The fourth-order valence-corrected chi connectivity index (χ4v) is 3.00. The zero-order valence-electron chi connectivity index (χ0n) is 13.2. The van der Waals surface area contributed by atoms with Gasteiger partial charge in [0.15, 0.2) is 0 Å². The normalized spacial score (nSPS) is 16.5. The SMILES string of the molecule is CCOc1ccccc1CCC(=O)NC1(C#N)CCCCC1. The third-order valence-corrected chi connectivity index (χ3v) is 4.19. The minimum atomic E-state index is -0.644. The van der Waals surface area contributed by atoms with Gasteiger partial charge in [-0.2, -0.15) is 5.26 Å². The van der Waals surface area contributed by atoms with Gasteiger partial charge in [-0.05, 0) is 37.8 Å². The van der Waals surface area contributed by atoms with E-state index in [1.165, 1.54) is 0 Å². The lowest BCUT2D eigenvalue weighted by atomic mass is 9.82. The molecule has 0 saturated heterocycles. The molecule has 1 aliphatic carbocycles. The molecule has 1 aliphatic rings. The van der Waals surface area contributed by atoms with Crippen LogP contribution in [-0.4, -0.2) is 18.1 Å². The van der Waals surface area contributed by atoms with E-state index in [0.717, 1.165) is 43.4 Å². The van der Waals surface area contributed by atoms with E-state index >= 15 is 0 Å². The van der Waals surface area contributed by atoms with E-state index in [-0.39, 0.29) is 5.91 Å². The molecule has 2 rings (SSSR count). The van der Waals surface area contributed by atoms with E-state index in [4.69, 9.17) is 4.74 Å². The lowest BCUT2D eigenvalue weighted by Gasteiger charge is -2.31. The van der Waals surface area contributed by atoms with Crippen molar-refractivity contribution in [2.45, 2.75) is 57.4 Å². The summed E-state index contributed by atoms with van der Waals surface area (Å²) in [6, 6.07) is 10.1. The van der Waals surface area contributed by atoms with Gasteiger partial charge in [-0.3, -0.25) is 4.79 Å². The molecule has 1 aromatic rings. The van der Waals surface area contributed by atoms with Crippen molar-refractivity contribution >= 4 is 5.91 Å². The maximum absolute atomic E-state index is 12.2. The van der Waals surface area contributed by atoms with Gasteiger partial charge in [0.2, 0.25) is 5.91 Å². The first-order chi connectivity index (χ1) is 10.7. The van der Waals surface area contributed by atoms with Crippen LogP contribution in [0.4, 0.5) is 0 Å². The predicted octanol–water partition coefficient (Wildman–Crippen LogP) is 3.36. The van der Waals surface area contributed by atoms with Gasteiger partial charge in [0, 0.05) is 6.42 Å². The number of amides is 1. The van der Waals surface area contributed by atoms with Crippen LogP contribution in [0.3, 0.4) is 0 Å². The molecule has 1 aromatic carbocycles. The topological polar surface area (TPSA) is 62.1 Å². The molecule has 0 aromatic heterocycles. The Morgan fingerprint density at radius 3 is 2.73 bits per heavy atom. The van der Waals surface area contributed by atoms with Crippen molar-refractivity contribution < 1.29 is 9.53 Å². The number of aryl methyl sites for hydroxylation is 1. The molecule has 1 fully saturated rings. The van der Waals surface area contributed by atoms with E-state index in [0.29, 0.717) is 19.4 Å². The highest BCUT2D eigenvalue weighted by molar-refractivity contribution is 5.77. The summed E-state index contributed by atoms with van der Waals surface area (Å²) < 4.78 is 5.58. The van der Waals surface area contributed by atoms with Crippen LogP contribution in [0.5, 0.6) is 5.75 Å². The second kappa shape index (κ2) is 7.84. The molecule has 0 radical (unpaired) electrons. The van der Waals surface area contributed by atoms with Gasteiger partial charge < -0.3 is 10.1 Å². The Kier molecular flexibility index (Phi) is 5.83. The quantitative estimate of drug-likeness (QED) is 0.876. The molecule has 4 heteroatoms. The fraction of sp³-hybridized carbons (Fsp3) is 0.556. The first kappa shape index (κ1) is 16.4. The highest BCUT2D eigenvalue weighted by Gasteiger charge is 2.33. The van der Waals surface area contributed by atoms with Crippen molar-refractivity contribution in [2.75, 3.05) is 6.61 Å². The average molecular weight is 300 g/mol. The lowest BCUT2D eigenvalue weighted by molar-refractivity contribution is -0.122. The number of benzene rings is 1. The van der Waals surface area contributed by atoms with Crippen molar-refractivity contribution in [3.8, 4) is 11.8 Å². The minimum Gasteiger partial charge on any atom is -0.494 e. The number of nitriles is 1. The molecule has 22 heavy (non-hydrogen) atoms. The number of para-hydroxylation sites is 1. The molecule has 0 aliphatic heterocycles. The third-order valence-electron chi connectivity index (χ3n) is 4.19. The lowest BCUT2D eigenvalue weighted by Crippen LogP contribution is -2.48. The number of rotatable bonds is 6. The molecule has 0 atom stereocenters. The van der Waals surface area contributed by atoms with Crippen LogP contribution in [0.2, 0.25) is 0 Å². The summed E-state index contributed by atoms with van der Waals surface area (Å²) in [5.41, 5.74) is 0.392. The molecule has 4 nitrogen and oxygen atoms in total. The Morgan fingerprint density at radius 2 is 2.05 bits per heavy atom. The van der Waals surface area contributed by atoms with E-state index in [1.54, 1.807) is 0 Å². The van der Waals surface area contributed by atoms with Gasteiger partial charge in [0.25, 0.3) is 0 Å². The van der Waals surface area contributed by atoms with Crippen molar-refractivity contribution in [1.29, 1.82) is 5.26 Å². The number of nitrogens with zero attached hydrogens (tertiary/aromatic N) is 1. The Balaban J connectivity index is 1.91.